The zero-order valence-corrected chi connectivity index (χ0v) is 20.2. The van der Waals surface area contributed by atoms with Crippen LogP contribution in [0.4, 0.5) is 0 Å². The molecule has 1 atom stereocenters. The molecule has 0 radical (unpaired) electrons. The Hall–Kier alpha value is -2.94. The number of amides is 1. The van der Waals surface area contributed by atoms with Crippen LogP contribution in [0.1, 0.15) is 46.9 Å². The number of fused-ring (bicyclic) bond motifs is 3. The molecule has 0 unspecified atom stereocenters. The van der Waals surface area contributed by atoms with Crippen LogP contribution in [0, 0.1) is 0 Å². The third kappa shape index (κ3) is 3.76. The number of ether oxygens (including phenoxy) is 1. The molecule has 1 aromatic carbocycles. The number of hydrogen-bond donors (Lipinski definition) is 2. The van der Waals surface area contributed by atoms with Crippen molar-refractivity contribution >= 4 is 39.1 Å². The Morgan fingerprint density at radius 3 is 3.12 bits per heavy atom. The molecule has 2 N–H and O–H groups in total. The first kappa shape index (κ1) is 21.6. The SMILES string of the molecule is CCC(=O)NCc1cc2nccc(-c3cc(Cl)cc4c3O[C@@H](c3onc5c3CNCC5)C4)c2s1. The van der Waals surface area contributed by atoms with Gasteiger partial charge in [-0.3, -0.25) is 9.78 Å². The number of aromatic nitrogens is 2. The fourth-order valence-electron chi connectivity index (χ4n) is 4.68. The summed E-state index contributed by atoms with van der Waals surface area (Å²) in [4.78, 5) is 17.3. The van der Waals surface area contributed by atoms with Gasteiger partial charge in [0.25, 0.3) is 0 Å². The largest absolute Gasteiger partial charge is 0.481 e. The molecule has 2 aliphatic rings. The molecule has 2 aliphatic heterocycles. The van der Waals surface area contributed by atoms with Crippen LogP contribution in [0.5, 0.6) is 5.75 Å². The molecule has 34 heavy (non-hydrogen) atoms. The third-order valence-electron chi connectivity index (χ3n) is 6.36. The highest BCUT2D eigenvalue weighted by atomic mass is 35.5. The second-order valence-electron chi connectivity index (χ2n) is 8.57. The molecule has 3 aromatic heterocycles. The molecule has 0 bridgehead atoms. The Balaban J connectivity index is 1.37. The van der Waals surface area contributed by atoms with E-state index in [4.69, 9.17) is 20.9 Å². The summed E-state index contributed by atoms with van der Waals surface area (Å²) in [6.45, 7) is 3.99. The summed E-state index contributed by atoms with van der Waals surface area (Å²) in [5.41, 5.74) is 6.03. The average Bonchev–Trinajstić information content (AvgIpc) is 3.57. The van der Waals surface area contributed by atoms with Crippen molar-refractivity contribution in [1.29, 1.82) is 0 Å². The predicted molar refractivity (Wildman–Crippen MR) is 131 cm³/mol. The van der Waals surface area contributed by atoms with E-state index >= 15 is 0 Å². The van der Waals surface area contributed by atoms with Gasteiger partial charge in [-0.05, 0) is 24.3 Å². The zero-order valence-electron chi connectivity index (χ0n) is 18.6. The number of halogens is 1. The van der Waals surface area contributed by atoms with Gasteiger partial charge in [0, 0.05) is 70.7 Å². The van der Waals surface area contributed by atoms with Gasteiger partial charge in [0.15, 0.2) is 11.9 Å². The van der Waals surface area contributed by atoms with Gasteiger partial charge in [-0.2, -0.15) is 0 Å². The van der Waals surface area contributed by atoms with Crippen LogP contribution in [0.2, 0.25) is 5.02 Å². The molecule has 0 spiro atoms. The lowest BCUT2D eigenvalue weighted by Gasteiger charge is -2.15. The number of nitrogens with one attached hydrogen (secondary N) is 2. The van der Waals surface area contributed by atoms with E-state index in [9.17, 15) is 4.79 Å². The van der Waals surface area contributed by atoms with E-state index in [-0.39, 0.29) is 12.0 Å². The van der Waals surface area contributed by atoms with Crippen LogP contribution < -0.4 is 15.4 Å². The van der Waals surface area contributed by atoms with E-state index in [0.717, 1.165) is 74.1 Å². The maximum Gasteiger partial charge on any atom is 0.220 e. The van der Waals surface area contributed by atoms with Gasteiger partial charge >= 0.3 is 0 Å². The van der Waals surface area contributed by atoms with E-state index in [0.29, 0.717) is 24.4 Å². The molecule has 7 nitrogen and oxygen atoms in total. The van der Waals surface area contributed by atoms with Gasteiger partial charge in [0.1, 0.15) is 5.75 Å². The van der Waals surface area contributed by atoms with Gasteiger partial charge in [0.2, 0.25) is 5.91 Å². The van der Waals surface area contributed by atoms with E-state index < -0.39 is 0 Å². The lowest BCUT2D eigenvalue weighted by atomic mass is 9.99. The zero-order chi connectivity index (χ0) is 23.2. The van der Waals surface area contributed by atoms with E-state index in [1.54, 1.807) is 17.5 Å². The maximum atomic E-state index is 11.7. The molecule has 9 heteroatoms. The summed E-state index contributed by atoms with van der Waals surface area (Å²) in [7, 11) is 0. The summed E-state index contributed by atoms with van der Waals surface area (Å²) in [5, 5.41) is 11.3. The highest BCUT2D eigenvalue weighted by molar-refractivity contribution is 7.19. The average molecular weight is 495 g/mol. The Kier molecular flexibility index (Phi) is 5.51. The second-order valence-corrected chi connectivity index (χ2v) is 10.1. The number of carbonyl (C=O) groups excluding carboxylic acids is 1. The van der Waals surface area contributed by atoms with Crippen LogP contribution in [-0.4, -0.2) is 22.6 Å². The molecular weight excluding hydrogens is 472 g/mol. The van der Waals surface area contributed by atoms with Gasteiger partial charge in [-0.15, -0.1) is 11.3 Å². The number of nitrogens with zero attached hydrogens (tertiary/aromatic N) is 2. The van der Waals surface area contributed by atoms with E-state index in [1.807, 2.05) is 31.2 Å². The van der Waals surface area contributed by atoms with E-state index in [1.165, 1.54) is 0 Å². The minimum atomic E-state index is -0.233. The first-order chi connectivity index (χ1) is 16.6. The van der Waals surface area contributed by atoms with Gasteiger partial charge < -0.3 is 19.9 Å². The summed E-state index contributed by atoms with van der Waals surface area (Å²) in [6, 6.07) is 7.95. The molecular formula is C25H23ClN4O3S. The molecule has 0 aliphatic carbocycles. The summed E-state index contributed by atoms with van der Waals surface area (Å²) >= 11 is 8.19. The standard InChI is InChI=1S/C25H23ClN4O3S/c1-2-22(31)29-11-15-10-20-25(34-15)16(3-6-28-20)17-9-14(26)7-13-8-21(32-23(13)17)24-18-12-27-5-4-19(18)30-33-24/h3,6-7,9-10,21,27H,2,4-5,8,11-12H2,1H3,(H,29,31)/t21-/m1/s1. The van der Waals surface area contributed by atoms with Crippen LogP contribution >= 0.6 is 22.9 Å². The fraction of sp³-hybridized carbons (Fsp3) is 0.320. The van der Waals surface area contributed by atoms with Crippen LogP contribution in [-0.2, 0) is 30.7 Å². The second kappa shape index (κ2) is 8.69. The molecule has 4 aromatic rings. The number of thiophene rings is 1. The van der Waals surface area contributed by atoms with Gasteiger partial charge in [0.05, 0.1) is 22.5 Å². The van der Waals surface area contributed by atoms with Gasteiger partial charge in [-0.25, -0.2) is 0 Å². The Morgan fingerprint density at radius 2 is 2.24 bits per heavy atom. The van der Waals surface area contributed by atoms with E-state index in [2.05, 4.69) is 20.8 Å². The number of carbonyl (C=O) groups is 1. The van der Waals surface area contributed by atoms with Gasteiger partial charge in [-0.1, -0.05) is 23.7 Å². The predicted octanol–water partition coefficient (Wildman–Crippen LogP) is 4.95. The van der Waals surface area contributed by atoms with Crippen molar-refractivity contribution in [2.45, 2.75) is 45.4 Å². The summed E-state index contributed by atoms with van der Waals surface area (Å²) < 4.78 is 13.3. The molecule has 0 fully saturated rings. The highest BCUT2D eigenvalue weighted by Crippen LogP contribution is 2.48. The van der Waals surface area contributed by atoms with Crippen molar-refractivity contribution in [2.75, 3.05) is 6.54 Å². The van der Waals surface area contributed by atoms with Crippen LogP contribution in [0.3, 0.4) is 0 Å². The lowest BCUT2D eigenvalue weighted by Crippen LogP contribution is -2.24. The first-order valence-electron chi connectivity index (χ1n) is 11.4. The van der Waals surface area contributed by atoms with Crippen LogP contribution in [0.15, 0.2) is 35.0 Å². The summed E-state index contributed by atoms with van der Waals surface area (Å²) in [5.74, 6) is 1.65. The monoisotopic (exact) mass is 494 g/mol. The minimum absolute atomic E-state index is 0.0301. The Bertz CT molecular complexity index is 1410. The topological polar surface area (TPSA) is 89.3 Å². The first-order valence-corrected chi connectivity index (χ1v) is 12.6. The van der Waals surface area contributed by atoms with Crippen molar-refractivity contribution in [3.63, 3.8) is 0 Å². The molecule has 174 valence electrons. The highest BCUT2D eigenvalue weighted by Gasteiger charge is 2.34. The molecule has 0 saturated carbocycles. The lowest BCUT2D eigenvalue weighted by molar-refractivity contribution is -0.120. The van der Waals surface area contributed by atoms with Crippen molar-refractivity contribution < 1.29 is 14.1 Å². The van der Waals surface area contributed by atoms with Crippen molar-refractivity contribution in [2.24, 2.45) is 0 Å². The van der Waals surface area contributed by atoms with Crippen molar-refractivity contribution in [1.82, 2.24) is 20.8 Å². The number of benzene rings is 1. The smallest absolute Gasteiger partial charge is 0.220 e. The molecule has 0 saturated heterocycles. The molecule has 1 amide bonds. The number of hydrogen-bond acceptors (Lipinski definition) is 7. The fourth-order valence-corrected chi connectivity index (χ4v) is 6.01. The van der Waals surface area contributed by atoms with Crippen molar-refractivity contribution in [3.05, 3.63) is 62.9 Å². The Morgan fingerprint density at radius 1 is 1.32 bits per heavy atom. The quantitative estimate of drug-likeness (QED) is 0.408. The van der Waals surface area contributed by atoms with Crippen LogP contribution in [0.25, 0.3) is 21.3 Å². The minimum Gasteiger partial charge on any atom is -0.481 e. The Labute approximate surface area is 205 Å². The summed E-state index contributed by atoms with van der Waals surface area (Å²) in [6.07, 6.45) is 3.58. The third-order valence-corrected chi connectivity index (χ3v) is 7.74. The molecule has 6 rings (SSSR count). The normalized spacial score (nSPS) is 16.8. The number of rotatable bonds is 5. The van der Waals surface area contributed by atoms with Crippen molar-refractivity contribution in [3.8, 4) is 16.9 Å². The number of pyridine rings is 1. The molecule has 5 heterocycles. The maximum absolute atomic E-state index is 11.7.